The first kappa shape index (κ1) is 10.7. The molecule has 3 rings (SSSR count). The average Bonchev–Trinajstić information content (AvgIpc) is 2.81. The normalized spacial score (nSPS) is 28.3. The first-order chi connectivity index (χ1) is 8.22. The molecule has 92 valence electrons. The number of carbonyl (C=O) groups is 1. The van der Waals surface area contributed by atoms with Gasteiger partial charge in [0.05, 0.1) is 12.1 Å². The molecule has 2 aliphatic rings. The summed E-state index contributed by atoms with van der Waals surface area (Å²) in [7, 11) is 0. The van der Waals surface area contributed by atoms with Gasteiger partial charge in [-0.2, -0.15) is 4.98 Å². The van der Waals surface area contributed by atoms with Crippen molar-refractivity contribution >= 4 is 5.91 Å². The van der Waals surface area contributed by atoms with Crippen LogP contribution in [-0.4, -0.2) is 39.8 Å². The predicted octanol–water partition coefficient (Wildman–Crippen LogP) is -0.643. The van der Waals surface area contributed by atoms with E-state index in [1.165, 1.54) is 0 Å². The Bertz CT molecular complexity index is 429. The minimum atomic E-state index is -0.393. The van der Waals surface area contributed by atoms with Crippen molar-refractivity contribution in [3.05, 3.63) is 11.7 Å². The number of rotatable bonds is 3. The van der Waals surface area contributed by atoms with Crippen LogP contribution in [0.15, 0.2) is 4.52 Å². The lowest BCUT2D eigenvalue weighted by atomic mass is 10.2. The van der Waals surface area contributed by atoms with E-state index in [0.717, 1.165) is 12.8 Å². The zero-order valence-corrected chi connectivity index (χ0v) is 9.22. The van der Waals surface area contributed by atoms with E-state index < -0.39 is 6.10 Å². The topological polar surface area (TPSA) is 100 Å². The Morgan fingerprint density at radius 1 is 1.53 bits per heavy atom. The van der Waals surface area contributed by atoms with Crippen LogP contribution in [0.3, 0.4) is 0 Å². The lowest BCUT2D eigenvalue weighted by molar-refractivity contribution is 0.0937. The summed E-state index contributed by atoms with van der Waals surface area (Å²) in [5.74, 6) is 0.138. The van der Waals surface area contributed by atoms with Crippen LogP contribution in [0, 0.1) is 0 Å². The molecule has 1 aliphatic carbocycles. The molecule has 2 atom stereocenters. The third-order valence-electron chi connectivity index (χ3n) is 2.96. The van der Waals surface area contributed by atoms with Gasteiger partial charge in [0.2, 0.25) is 5.89 Å². The number of β-amino-alcohol motifs (C(OH)–C–C–N with tert-alkyl or cyclic N) is 1. The van der Waals surface area contributed by atoms with Crippen molar-refractivity contribution in [3.8, 4) is 0 Å². The molecule has 0 radical (unpaired) electrons. The first-order valence-electron chi connectivity index (χ1n) is 5.78. The maximum Gasteiger partial charge on any atom is 0.292 e. The lowest BCUT2D eigenvalue weighted by Crippen LogP contribution is -2.26. The van der Waals surface area contributed by atoms with Gasteiger partial charge in [-0.15, -0.1) is 0 Å². The first-order valence-corrected chi connectivity index (χ1v) is 5.78. The zero-order chi connectivity index (χ0) is 11.8. The van der Waals surface area contributed by atoms with Gasteiger partial charge in [-0.05, 0) is 19.3 Å². The largest absolute Gasteiger partial charge is 0.392 e. The second-order valence-corrected chi connectivity index (χ2v) is 4.55. The van der Waals surface area contributed by atoms with Gasteiger partial charge < -0.3 is 20.3 Å². The standard InChI is InChI=1S/C10H14N4O3/c15-6-3-7(11-4-6)10-13-8(14-17-10)9(16)12-5-1-2-5/h5-7,11,15H,1-4H2,(H,12,16)/t6-,7+/m1/s1. The molecule has 0 aromatic carbocycles. The number of aliphatic hydroxyl groups is 1. The van der Waals surface area contributed by atoms with Gasteiger partial charge in [0.15, 0.2) is 0 Å². The highest BCUT2D eigenvalue weighted by Gasteiger charge is 2.30. The second-order valence-electron chi connectivity index (χ2n) is 4.55. The van der Waals surface area contributed by atoms with Crippen LogP contribution in [0.1, 0.15) is 41.8 Å². The summed E-state index contributed by atoms with van der Waals surface area (Å²) in [6, 6.07) is 0.121. The third-order valence-corrected chi connectivity index (χ3v) is 2.96. The van der Waals surface area contributed by atoms with E-state index >= 15 is 0 Å². The maximum absolute atomic E-state index is 11.6. The quantitative estimate of drug-likeness (QED) is 0.647. The number of aliphatic hydroxyl groups excluding tert-OH is 1. The van der Waals surface area contributed by atoms with Crippen molar-refractivity contribution in [2.75, 3.05) is 6.54 Å². The average molecular weight is 238 g/mol. The summed E-state index contributed by atoms with van der Waals surface area (Å²) >= 11 is 0. The Kier molecular flexibility index (Phi) is 2.56. The van der Waals surface area contributed by atoms with Crippen LogP contribution in [0.25, 0.3) is 0 Å². The fraction of sp³-hybridized carbons (Fsp3) is 0.700. The van der Waals surface area contributed by atoms with Crippen molar-refractivity contribution in [2.24, 2.45) is 0 Å². The van der Waals surface area contributed by atoms with Crippen LogP contribution in [0.5, 0.6) is 0 Å². The molecule has 7 nitrogen and oxygen atoms in total. The number of nitrogens with zero attached hydrogens (tertiary/aromatic N) is 2. The molecular formula is C10H14N4O3. The van der Waals surface area contributed by atoms with Crippen molar-refractivity contribution in [3.63, 3.8) is 0 Å². The van der Waals surface area contributed by atoms with Crippen LogP contribution in [0.2, 0.25) is 0 Å². The Morgan fingerprint density at radius 2 is 2.35 bits per heavy atom. The Balaban J connectivity index is 1.66. The van der Waals surface area contributed by atoms with Gasteiger partial charge in [0, 0.05) is 12.6 Å². The van der Waals surface area contributed by atoms with Crippen molar-refractivity contribution in [1.29, 1.82) is 0 Å². The fourth-order valence-electron chi connectivity index (χ4n) is 1.85. The molecule has 1 aliphatic heterocycles. The number of amides is 1. The van der Waals surface area contributed by atoms with Gasteiger partial charge >= 0.3 is 0 Å². The number of nitrogens with one attached hydrogen (secondary N) is 2. The van der Waals surface area contributed by atoms with E-state index in [1.807, 2.05) is 0 Å². The molecule has 1 aromatic rings. The number of hydrogen-bond donors (Lipinski definition) is 3. The SMILES string of the molecule is O=C(NC1CC1)c1noc([C@@H]2C[C@@H](O)CN2)n1. The van der Waals surface area contributed by atoms with Gasteiger partial charge in [0.1, 0.15) is 0 Å². The molecular weight excluding hydrogens is 224 g/mol. The lowest BCUT2D eigenvalue weighted by Gasteiger charge is -2.01. The van der Waals surface area contributed by atoms with Crippen LogP contribution in [0.4, 0.5) is 0 Å². The number of hydrogen-bond acceptors (Lipinski definition) is 6. The molecule has 0 unspecified atom stereocenters. The molecule has 3 N–H and O–H groups in total. The zero-order valence-electron chi connectivity index (χ0n) is 9.22. The van der Waals surface area contributed by atoms with E-state index in [-0.39, 0.29) is 23.8 Å². The highest BCUT2D eigenvalue weighted by molar-refractivity contribution is 5.90. The van der Waals surface area contributed by atoms with E-state index in [1.54, 1.807) is 0 Å². The predicted molar refractivity (Wildman–Crippen MR) is 56.2 cm³/mol. The van der Waals surface area contributed by atoms with E-state index in [0.29, 0.717) is 18.9 Å². The minimum Gasteiger partial charge on any atom is -0.392 e. The van der Waals surface area contributed by atoms with Crippen molar-refractivity contribution in [1.82, 2.24) is 20.8 Å². The maximum atomic E-state index is 11.6. The minimum absolute atomic E-state index is 0.0649. The molecule has 0 bridgehead atoms. The smallest absolute Gasteiger partial charge is 0.292 e. The molecule has 0 spiro atoms. The monoisotopic (exact) mass is 238 g/mol. The third kappa shape index (κ3) is 2.29. The van der Waals surface area contributed by atoms with Crippen LogP contribution < -0.4 is 10.6 Å². The van der Waals surface area contributed by atoms with E-state index in [9.17, 15) is 9.90 Å². The highest BCUT2D eigenvalue weighted by Crippen LogP contribution is 2.22. The molecule has 17 heavy (non-hydrogen) atoms. The van der Waals surface area contributed by atoms with Gasteiger partial charge in [0.25, 0.3) is 11.7 Å². The molecule has 1 aromatic heterocycles. The molecule has 1 amide bonds. The summed E-state index contributed by atoms with van der Waals surface area (Å²) in [6.07, 6.45) is 2.18. The van der Waals surface area contributed by atoms with E-state index in [2.05, 4.69) is 20.8 Å². The van der Waals surface area contributed by atoms with Crippen molar-refractivity contribution < 1.29 is 14.4 Å². The Labute approximate surface area is 97.6 Å². The molecule has 1 saturated carbocycles. The molecule has 2 heterocycles. The second kappa shape index (κ2) is 4.08. The number of carbonyl (C=O) groups excluding carboxylic acids is 1. The van der Waals surface area contributed by atoms with Gasteiger partial charge in [-0.1, -0.05) is 5.16 Å². The van der Waals surface area contributed by atoms with Crippen molar-refractivity contribution in [2.45, 2.75) is 37.5 Å². The fourth-order valence-corrected chi connectivity index (χ4v) is 1.85. The molecule has 2 fully saturated rings. The van der Waals surface area contributed by atoms with Gasteiger partial charge in [-0.25, -0.2) is 0 Å². The number of aromatic nitrogens is 2. The van der Waals surface area contributed by atoms with Crippen LogP contribution >= 0.6 is 0 Å². The Morgan fingerprint density at radius 3 is 3.00 bits per heavy atom. The Hall–Kier alpha value is -1.47. The summed E-state index contributed by atoms with van der Waals surface area (Å²) in [4.78, 5) is 15.7. The van der Waals surface area contributed by atoms with Gasteiger partial charge in [-0.3, -0.25) is 4.79 Å². The molecule has 7 heteroatoms. The summed E-state index contributed by atoms with van der Waals surface area (Å²) in [6.45, 7) is 0.511. The van der Waals surface area contributed by atoms with Crippen LogP contribution in [-0.2, 0) is 0 Å². The molecule has 1 saturated heterocycles. The van der Waals surface area contributed by atoms with E-state index in [4.69, 9.17) is 4.52 Å². The summed E-state index contributed by atoms with van der Waals surface area (Å²) in [5, 5.41) is 18.9. The summed E-state index contributed by atoms with van der Waals surface area (Å²) in [5.41, 5.74) is 0. The summed E-state index contributed by atoms with van der Waals surface area (Å²) < 4.78 is 5.02. The highest BCUT2D eigenvalue weighted by atomic mass is 16.5.